The Balaban J connectivity index is 1.50. The zero-order chi connectivity index (χ0) is 36.6. The molecule has 1 heterocycles. The van der Waals surface area contributed by atoms with E-state index in [-0.39, 0.29) is 48.0 Å². The summed E-state index contributed by atoms with van der Waals surface area (Å²) in [6, 6.07) is 14.1. The summed E-state index contributed by atoms with van der Waals surface area (Å²) < 4.78 is 99.6. The predicted molar refractivity (Wildman–Crippen MR) is 170 cm³/mol. The lowest BCUT2D eigenvalue weighted by Crippen LogP contribution is -2.36. The maximum atomic E-state index is 13.3. The normalized spacial score (nSPS) is 17.0. The van der Waals surface area contributed by atoms with Crippen LogP contribution < -0.4 is 20.3 Å². The van der Waals surface area contributed by atoms with Crippen molar-refractivity contribution < 1.29 is 59.3 Å². The van der Waals surface area contributed by atoms with Gasteiger partial charge in [-0.1, -0.05) is 19.1 Å². The fraction of sp³-hybridized carbons (Fsp3) is 0.364. The number of nitrogens with zero attached hydrogens (tertiary/aromatic N) is 1. The van der Waals surface area contributed by atoms with Crippen molar-refractivity contribution in [1.82, 2.24) is 10.6 Å². The second kappa shape index (κ2) is 16.3. The van der Waals surface area contributed by atoms with Crippen LogP contribution in [0.15, 0.2) is 77.7 Å². The number of sulfone groups is 1. The maximum absolute atomic E-state index is 13.3. The minimum Gasteiger partial charge on any atom is -0.489 e. The van der Waals surface area contributed by atoms with Gasteiger partial charge < -0.3 is 30.1 Å². The summed E-state index contributed by atoms with van der Waals surface area (Å²) in [6.45, 7) is -2.41. The number of halogens is 5. The molecule has 1 aliphatic heterocycles. The van der Waals surface area contributed by atoms with Crippen molar-refractivity contribution in [3.8, 4) is 5.75 Å². The third kappa shape index (κ3) is 10.4. The van der Waals surface area contributed by atoms with Crippen molar-refractivity contribution in [2.24, 2.45) is 0 Å². The van der Waals surface area contributed by atoms with E-state index in [1.165, 1.54) is 55.5 Å². The van der Waals surface area contributed by atoms with Crippen LogP contribution in [0, 0.1) is 0 Å². The van der Waals surface area contributed by atoms with E-state index in [0.29, 0.717) is 11.3 Å². The molecule has 3 N–H and O–H groups in total. The number of carboxylic acids is 1. The molecule has 0 saturated carbocycles. The highest BCUT2D eigenvalue weighted by Crippen LogP contribution is 2.33. The lowest BCUT2D eigenvalue weighted by Gasteiger charge is -2.26. The number of carboxylic acid groups (broad SMARTS) is 1. The molecular formula is C33H34F5N3O8S. The minimum absolute atomic E-state index is 0.0471. The topological polar surface area (TPSA) is 151 Å². The number of rotatable bonds is 15. The van der Waals surface area contributed by atoms with Crippen LogP contribution in [-0.4, -0.2) is 75.5 Å². The second-order valence-corrected chi connectivity index (χ2v) is 13.6. The molecule has 4 rings (SSSR count). The number of carbonyl (C=O) groups is 3. The second-order valence-electron chi connectivity index (χ2n) is 11.3. The fourth-order valence-corrected chi connectivity index (χ4v) is 6.22. The maximum Gasteiger partial charge on any atom is 0.416 e. The molecule has 0 radical (unpaired) electrons. The van der Waals surface area contributed by atoms with Gasteiger partial charge in [0, 0.05) is 17.7 Å². The van der Waals surface area contributed by atoms with E-state index < -0.39 is 70.7 Å². The largest absolute Gasteiger partial charge is 0.489 e. The summed E-state index contributed by atoms with van der Waals surface area (Å²) in [5.41, 5.74) is 0.194. The lowest BCUT2D eigenvalue weighted by atomic mass is 10.0. The first-order valence-electron chi connectivity index (χ1n) is 15.3. The average Bonchev–Trinajstić information content (AvgIpc) is 3.48. The zero-order valence-corrected chi connectivity index (χ0v) is 27.3. The first-order valence-corrected chi connectivity index (χ1v) is 16.9. The van der Waals surface area contributed by atoms with Crippen LogP contribution in [0.3, 0.4) is 0 Å². The highest BCUT2D eigenvalue weighted by atomic mass is 32.2. The Morgan fingerprint density at radius 2 is 1.62 bits per heavy atom. The van der Waals surface area contributed by atoms with Crippen molar-refractivity contribution in [2.45, 2.75) is 55.6 Å². The van der Waals surface area contributed by atoms with Crippen molar-refractivity contribution in [2.75, 3.05) is 30.3 Å². The highest BCUT2D eigenvalue weighted by molar-refractivity contribution is 7.91. The standard InChI is InChI=1S/C33H34F5N3O8S/c1-2-50(46,47)27-13-5-20(6-14-27)28(16-29(42)39-17-30(43)44)40-31(45)21-3-9-23(10-4-21)41-18-26(15-24(41)19-48-32(34)35)49-25-11-7-22(8-12-25)33(36,37)38/h3-14,24,26,28,32H,2,15-19H2,1H3,(H,39,42)(H,40,45)(H,43,44)/t24-,26-,28-/m0/s1. The number of hydrogen-bond acceptors (Lipinski definition) is 8. The molecule has 3 aromatic rings. The van der Waals surface area contributed by atoms with Crippen molar-refractivity contribution in [3.05, 3.63) is 89.5 Å². The van der Waals surface area contributed by atoms with Gasteiger partial charge in [-0.2, -0.15) is 22.0 Å². The third-order valence-electron chi connectivity index (χ3n) is 7.89. The van der Waals surface area contributed by atoms with Crippen LogP contribution in [0.2, 0.25) is 0 Å². The summed E-state index contributed by atoms with van der Waals surface area (Å²) in [7, 11) is -3.52. The van der Waals surface area contributed by atoms with Gasteiger partial charge in [-0.25, -0.2) is 8.42 Å². The molecule has 0 aliphatic carbocycles. The lowest BCUT2D eigenvalue weighted by molar-refractivity contribution is -0.138. The smallest absolute Gasteiger partial charge is 0.416 e. The van der Waals surface area contributed by atoms with E-state index in [9.17, 15) is 44.8 Å². The van der Waals surface area contributed by atoms with E-state index >= 15 is 0 Å². The quantitative estimate of drug-likeness (QED) is 0.187. The first-order chi connectivity index (χ1) is 23.5. The Morgan fingerprint density at radius 1 is 0.980 bits per heavy atom. The number of benzene rings is 3. The Labute approximate surface area is 284 Å². The molecule has 2 amide bonds. The summed E-state index contributed by atoms with van der Waals surface area (Å²) >= 11 is 0. The monoisotopic (exact) mass is 727 g/mol. The molecule has 0 aromatic heterocycles. The molecule has 0 unspecified atom stereocenters. The first kappa shape index (κ1) is 38.0. The molecule has 3 atom stereocenters. The van der Waals surface area contributed by atoms with Crippen molar-refractivity contribution in [1.29, 1.82) is 0 Å². The number of nitrogens with one attached hydrogen (secondary N) is 2. The molecule has 1 fully saturated rings. The molecule has 0 spiro atoms. The molecule has 270 valence electrons. The van der Waals surface area contributed by atoms with Crippen LogP contribution >= 0.6 is 0 Å². The number of ether oxygens (including phenoxy) is 2. The zero-order valence-electron chi connectivity index (χ0n) is 26.5. The predicted octanol–water partition coefficient (Wildman–Crippen LogP) is 4.83. The Hall–Kier alpha value is -4.77. The number of aliphatic carboxylic acids is 1. The number of alkyl halides is 5. The van der Waals surface area contributed by atoms with Gasteiger partial charge in [-0.05, 0) is 66.2 Å². The number of carbonyl (C=O) groups excluding carboxylic acids is 2. The fourth-order valence-electron chi connectivity index (χ4n) is 5.34. The van der Waals surface area contributed by atoms with Crippen LogP contribution in [-0.2, 0) is 30.3 Å². The highest BCUT2D eigenvalue weighted by Gasteiger charge is 2.35. The van der Waals surface area contributed by atoms with E-state index in [4.69, 9.17) is 9.84 Å². The average molecular weight is 728 g/mol. The molecule has 1 saturated heterocycles. The van der Waals surface area contributed by atoms with Crippen LogP contribution in [0.4, 0.5) is 27.6 Å². The number of hydrogen-bond donors (Lipinski definition) is 3. The van der Waals surface area contributed by atoms with Gasteiger partial charge in [0.25, 0.3) is 5.91 Å². The summed E-state index contributed by atoms with van der Waals surface area (Å²) in [5.74, 6) is -2.55. The van der Waals surface area contributed by atoms with Crippen LogP contribution in [0.5, 0.6) is 5.75 Å². The minimum atomic E-state index is -4.52. The van der Waals surface area contributed by atoms with Crippen molar-refractivity contribution in [3.63, 3.8) is 0 Å². The molecule has 1 aliphatic rings. The number of anilines is 1. The molecule has 17 heteroatoms. The van der Waals surface area contributed by atoms with E-state index in [0.717, 1.165) is 12.1 Å². The van der Waals surface area contributed by atoms with E-state index in [1.54, 1.807) is 17.0 Å². The van der Waals surface area contributed by atoms with Gasteiger partial charge in [-0.15, -0.1) is 0 Å². The molecule has 11 nitrogen and oxygen atoms in total. The third-order valence-corrected chi connectivity index (χ3v) is 9.64. The molecule has 50 heavy (non-hydrogen) atoms. The Kier molecular flexibility index (Phi) is 12.4. The summed E-state index contributed by atoms with van der Waals surface area (Å²) in [5, 5.41) is 13.8. The van der Waals surface area contributed by atoms with Crippen molar-refractivity contribution >= 4 is 33.3 Å². The number of amides is 2. The summed E-state index contributed by atoms with van der Waals surface area (Å²) in [4.78, 5) is 38.5. The van der Waals surface area contributed by atoms with Gasteiger partial charge in [-0.3, -0.25) is 14.4 Å². The Bertz CT molecular complexity index is 1740. The van der Waals surface area contributed by atoms with Crippen LogP contribution in [0.25, 0.3) is 0 Å². The van der Waals surface area contributed by atoms with E-state index in [1.807, 2.05) is 0 Å². The molecule has 0 bridgehead atoms. The van der Waals surface area contributed by atoms with Crippen LogP contribution in [0.1, 0.15) is 47.3 Å². The molecule has 3 aromatic carbocycles. The summed E-state index contributed by atoms with van der Waals surface area (Å²) in [6.07, 6.45) is -5.27. The SMILES string of the molecule is CCS(=O)(=O)c1ccc([C@H](CC(=O)NCC(=O)O)NC(=O)c2ccc(N3C[C@@H](Oc4ccc(C(F)(F)F)cc4)C[C@H]3COC(F)F)cc2)cc1. The van der Waals surface area contributed by atoms with Gasteiger partial charge in [0.2, 0.25) is 5.91 Å². The van der Waals surface area contributed by atoms with Gasteiger partial charge in [0.15, 0.2) is 9.84 Å². The van der Waals surface area contributed by atoms with Gasteiger partial charge in [0.1, 0.15) is 18.4 Å². The van der Waals surface area contributed by atoms with E-state index in [2.05, 4.69) is 15.4 Å². The molecular weight excluding hydrogens is 693 g/mol. The van der Waals surface area contributed by atoms with Gasteiger partial charge in [0.05, 0.1) is 47.9 Å². The Morgan fingerprint density at radius 3 is 2.18 bits per heavy atom. The van der Waals surface area contributed by atoms with Gasteiger partial charge >= 0.3 is 18.8 Å².